The zero-order chi connectivity index (χ0) is 31.1. The van der Waals surface area contributed by atoms with Crippen LogP contribution in [0.2, 0.25) is 0 Å². The summed E-state index contributed by atoms with van der Waals surface area (Å²) in [6.45, 7) is 0. The highest BCUT2D eigenvalue weighted by Gasteiger charge is 2.34. The lowest BCUT2D eigenvalue weighted by Crippen LogP contribution is -2.25. The van der Waals surface area contributed by atoms with Crippen molar-refractivity contribution in [1.29, 1.82) is 0 Å². The third kappa shape index (κ3) is 5.30. The van der Waals surface area contributed by atoms with Crippen molar-refractivity contribution in [3.05, 3.63) is 166 Å². The Kier molecular flexibility index (Phi) is 8.23. The van der Waals surface area contributed by atoms with E-state index in [1.807, 2.05) is 133 Å². The molecule has 0 N–H and O–H groups in total. The van der Waals surface area contributed by atoms with Crippen LogP contribution in [0.3, 0.4) is 0 Å². The number of thioether (sulfide) groups is 4. The van der Waals surface area contributed by atoms with Gasteiger partial charge in [-0.2, -0.15) is 0 Å². The second-order valence-corrected chi connectivity index (χ2v) is 21.1. The molecule has 2 nitrogen and oxygen atoms in total. The summed E-state index contributed by atoms with van der Waals surface area (Å²) in [5, 5.41) is 5.05. The lowest BCUT2D eigenvalue weighted by Gasteiger charge is -2.20. The van der Waals surface area contributed by atoms with Crippen LogP contribution in [0, 0.1) is 0 Å². The molecule has 0 spiro atoms. The first-order chi connectivity index (χ1) is 22.5. The van der Waals surface area contributed by atoms with E-state index in [-0.39, 0.29) is 0 Å². The molecule has 6 aromatic carbocycles. The van der Waals surface area contributed by atoms with E-state index >= 15 is 0 Å². The maximum absolute atomic E-state index is 15.0. The molecule has 46 heavy (non-hydrogen) atoms. The fourth-order valence-electron chi connectivity index (χ4n) is 5.77. The van der Waals surface area contributed by atoms with E-state index in [4.69, 9.17) is 0 Å². The molecule has 0 atom stereocenters. The van der Waals surface area contributed by atoms with Crippen molar-refractivity contribution >= 4 is 93.2 Å². The molecule has 0 fully saturated rings. The van der Waals surface area contributed by atoms with Crippen LogP contribution in [0.25, 0.3) is 0 Å². The summed E-state index contributed by atoms with van der Waals surface area (Å²) in [6, 6.07) is 51.9. The standard InChI is InChI=1S/C38H26O2P2S4/c39-41(27-13-5-1-6-14-27,28-15-7-2-8-16-28)31-21-23-33-35(25-31)45-37(43-33)38-44-34-24-22-32(26-36(34)46-38)42(40,29-17-9-3-10-18-29)30-19-11-4-12-20-30/h1-26H. The molecule has 2 aliphatic rings. The van der Waals surface area contributed by atoms with Gasteiger partial charge in [-0.15, -0.1) is 0 Å². The Labute approximate surface area is 286 Å². The third-order valence-electron chi connectivity index (χ3n) is 8.04. The quantitative estimate of drug-likeness (QED) is 0.161. The lowest BCUT2D eigenvalue weighted by atomic mass is 10.3. The second kappa shape index (κ2) is 12.5. The molecule has 0 unspecified atom stereocenters. The monoisotopic (exact) mass is 704 g/mol. The first-order valence-electron chi connectivity index (χ1n) is 14.7. The summed E-state index contributed by atoms with van der Waals surface area (Å²) in [6.07, 6.45) is 0. The molecule has 0 bridgehead atoms. The number of fused-ring (bicyclic) bond motifs is 2. The van der Waals surface area contributed by atoms with Crippen LogP contribution < -0.4 is 31.8 Å². The van der Waals surface area contributed by atoms with Gasteiger partial charge in [0.1, 0.15) is 0 Å². The van der Waals surface area contributed by atoms with E-state index in [1.54, 1.807) is 47.0 Å². The Bertz CT molecular complexity index is 1960. The molecule has 0 radical (unpaired) electrons. The predicted octanol–water partition coefficient (Wildman–Crippen LogP) is 9.19. The third-order valence-corrected chi connectivity index (χ3v) is 19.8. The van der Waals surface area contributed by atoms with Gasteiger partial charge in [-0.1, -0.05) is 168 Å². The first-order valence-corrected chi connectivity index (χ1v) is 21.4. The van der Waals surface area contributed by atoms with E-state index in [2.05, 4.69) is 24.3 Å². The van der Waals surface area contributed by atoms with E-state index in [0.29, 0.717) is 0 Å². The normalized spacial score (nSPS) is 15.8. The van der Waals surface area contributed by atoms with Gasteiger partial charge in [0, 0.05) is 51.4 Å². The van der Waals surface area contributed by atoms with Gasteiger partial charge in [-0.25, -0.2) is 0 Å². The van der Waals surface area contributed by atoms with Crippen molar-refractivity contribution in [3.8, 4) is 0 Å². The molecule has 2 aliphatic heterocycles. The molecule has 0 saturated carbocycles. The number of hydrogen-bond acceptors (Lipinski definition) is 6. The van der Waals surface area contributed by atoms with E-state index < -0.39 is 14.3 Å². The second-order valence-electron chi connectivity index (χ2n) is 10.8. The molecule has 6 aromatic rings. The summed E-state index contributed by atoms with van der Waals surface area (Å²) >= 11 is 7.06. The number of hydrogen-bond donors (Lipinski definition) is 0. The zero-order valence-electron chi connectivity index (χ0n) is 24.4. The minimum Gasteiger partial charge on any atom is -0.309 e. The van der Waals surface area contributed by atoms with Gasteiger partial charge < -0.3 is 9.13 Å². The first kappa shape index (κ1) is 30.3. The SMILES string of the molecule is O=P(c1ccccc1)(c1ccccc1)c1ccc2c(c1)SC(=C1Sc3ccc(P(=O)(c4ccccc4)c4ccccc4)cc3S1)S2. The molecule has 0 saturated heterocycles. The van der Waals surface area contributed by atoms with Crippen molar-refractivity contribution in [2.24, 2.45) is 0 Å². The van der Waals surface area contributed by atoms with Gasteiger partial charge in [0.05, 0.1) is 8.47 Å². The molecule has 8 rings (SSSR count). The number of rotatable bonds is 6. The molecular formula is C38H26O2P2S4. The van der Waals surface area contributed by atoms with Crippen LogP contribution in [-0.2, 0) is 9.13 Å². The Hall–Kier alpha value is -3.08. The summed E-state index contributed by atoms with van der Waals surface area (Å²) in [5.74, 6) is 0. The summed E-state index contributed by atoms with van der Waals surface area (Å²) in [4.78, 5) is 4.62. The molecule has 0 aromatic heterocycles. The van der Waals surface area contributed by atoms with Gasteiger partial charge in [0.2, 0.25) is 0 Å². The Morgan fingerprint density at radius 1 is 0.304 bits per heavy atom. The Morgan fingerprint density at radius 3 is 0.891 bits per heavy atom. The molecule has 224 valence electrons. The number of benzene rings is 6. The predicted molar refractivity (Wildman–Crippen MR) is 202 cm³/mol. The van der Waals surface area contributed by atoms with Crippen LogP contribution >= 0.6 is 61.3 Å². The largest absolute Gasteiger partial charge is 0.309 e. The van der Waals surface area contributed by atoms with Crippen LogP contribution in [0.15, 0.2) is 186 Å². The van der Waals surface area contributed by atoms with Gasteiger partial charge >= 0.3 is 0 Å². The maximum Gasteiger partial charge on any atom is 0.171 e. The highest BCUT2D eigenvalue weighted by molar-refractivity contribution is 8.30. The van der Waals surface area contributed by atoms with Crippen molar-refractivity contribution in [2.45, 2.75) is 19.6 Å². The molecule has 0 amide bonds. The van der Waals surface area contributed by atoms with Crippen molar-refractivity contribution in [2.75, 3.05) is 0 Å². The molecule has 8 heteroatoms. The van der Waals surface area contributed by atoms with Crippen molar-refractivity contribution in [3.63, 3.8) is 0 Å². The zero-order valence-corrected chi connectivity index (χ0v) is 29.4. The van der Waals surface area contributed by atoms with E-state index in [9.17, 15) is 9.13 Å². The smallest absolute Gasteiger partial charge is 0.171 e. The summed E-state index contributed by atoms with van der Waals surface area (Å²) in [7, 11) is -6.10. The Morgan fingerprint density at radius 2 is 0.587 bits per heavy atom. The van der Waals surface area contributed by atoms with Crippen LogP contribution in [0.1, 0.15) is 0 Å². The highest BCUT2D eigenvalue weighted by Crippen LogP contribution is 2.62. The minimum atomic E-state index is -3.05. The van der Waals surface area contributed by atoms with Crippen LogP contribution in [0.4, 0.5) is 0 Å². The van der Waals surface area contributed by atoms with Gasteiger partial charge in [-0.05, 0) is 36.4 Å². The summed E-state index contributed by atoms with van der Waals surface area (Å²) in [5.41, 5.74) is 0. The fraction of sp³-hybridized carbons (Fsp3) is 0. The lowest BCUT2D eigenvalue weighted by molar-refractivity contribution is 0.591. The summed E-state index contributed by atoms with van der Waals surface area (Å²) < 4.78 is 32.4. The molecular weight excluding hydrogens is 679 g/mol. The van der Waals surface area contributed by atoms with Gasteiger partial charge in [0.25, 0.3) is 0 Å². The molecule has 0 aliphatic carbocycles. The maximum atomic E-state index is 15.0. The van der Waals surface area contributed by atoms with E-state index in [1.165, 1.54) is 18.3 Å². The van der Waals surface area contributed by atoms with Crippen LogP contribution in [-0.4, -0.2) is 0 Å². The highest BCUT2D eigenvalue weighted by atomic mass is 32.2. The van der Waals surface area contributed by atoms with E-state index in [0.717, 1.165) is 41.6 Å². The fourth-order valence-corrected chi connectivity index (χ4v) is 16.6. The molecule has 2 heterocycles. The topological polar surface area (TPSA) is 34.1 Å². The van der Waals surface area contributed by atoms with Crippen molar-refractivity contribution in [1.82, 2.24) is 0 Å². The average molecular weight is 705 g/mol. The Balaban J connectivity index is 1.12. The van der Waals surface area contributed by atoms with Gasteiger partial charge in [-0.3, -0.25) is 0 Å². The average Bonchev–Trinajstić information content (AvgIpc) is 3.76. The van der Waals surface area contributed by atoms with Crippen LogP contribution in [0.5, 0.6) is 0 Å². The van der Waals surface area contributed by atoms with Gasteiger partial charge in [0.15, 0.2) is 14.3 Å². The minimum absolute atomic E-state index is 0.840. The van der Waals surface area contributed by atoms with Crippen molar-refractivity contribution < 1.29 is 9.13 Å².